The number of hydrogen-bond donors (Lipinski definition) is 1. The average molecular weight is 380 g/mol. The molecule has 0 unspecified atom stereocenters. The highest BCUT2D eigenvalue weighted by atomic mass is 16.3. The molecule has 2 aliphatic rings. The Morgan fingerprint density at radius 2 is 1.96 bits per heavy atom. The maximum absolute atomic E-state index is 11.8. The predicted octanol–water partition coefficient (Wildman–Crippen LogP) is 2.24. The molecule has 6 heteroatoms. The molecule has 1 fully saturated rings. The van der Waals surface area contributed by atoms with Crippen LogP contribution in [0.2, 0.25) is 0 Å². The first kappa shape index (κ1) is 18.9. The molecule has 1 amide bonds. The molecular formula is C22H28N4O2. The number of piperazine rings is 1. The first-order valence-corrected chi connectivity index (χ1v) is 10.1. The van der Waals surface area contributed by atoms with Crippen molar-refractivity contribution in [1.82, 2.24) is 9.88 Å². The van der Waals surface area contributed by atoms with E-state index in [2.05, 4.69) is 20.9 Å². The molecule has 1 atom stereocenters. The molecule has 4 rings (SSSR count). The highest BCUT2D eigenvalue weighted by Gasteiger charge is 2.23. The fourth-order valence-electron chi connectivity index (χ4n) is 4.20. The van der Waals surface area contributed by atoms with Gasteiger partial charge < -0.3 is 14.9 Å². The summed E-state index contributed by atoms with van der Waals surface area (Å²) in [6.07, 6.45) is 3.25. The van der Waals surface area contributed by atoms with Crippen LogP contribution in [0.25, 0.3) is 0 Å². The Balaban J connectivity index is 1.37. The van der Waals surface area contributed by atoms with E-state index in [9.17, 15) is 9.90 Å². The molecule has 148 valence electrons. The van der Waals surface area contributed by atoms with Gasteiger partial charge in [-0.3, -0.25) is 9.69 Å². The van der Waals surface area contributed by atoms with Crippen molar-refractivity contribution in [2.24, 2.45) is 0 Å². The van der Waals surface area contributed by atoms with E-state index in [1.807, 2.05) is 41.4 Å². The molecule has 6 nitrogen and oxygen atoms in total. The van der Waals surface area contributed by atoms with Crippen LogP contribution in [-0.4, -0.2) is 60.2 Å². The van der Waals surface area contributed by atoms with E-state index < -0.39 is 6.10 Å². The minimum Gasteiger partial charge on any atom is -0.387 e. The van der Waals surface area contributed by atoms with E-state index in [1.165, 1.54) is 0 Å². The van der Waals surface area contributed by atoms with Gasteiger partial charge in [-0.15, -0.1) is 0 Å². The second-order valence-corrected chi connectivity index (χ2v) is 7.65. The lowest BCUT2D eigenvalue weighted by Gasteiger charge is -2.36. The van der Waals surface area contributed by atoms with Crippen molar-refractivity contribution in [2.75, 3.05) is 49.1 Å². The number of β-amino-alcohol motifs (C(OH)–C–C–N with tert-alkyl or cyclic N) is 1. The number of fused-ring (bicyclic) bond motifs is 1. The number of pyridine rings is 1. The highest BCUT2D eigenvalue weighted by molar-refractivity contribution is 5.92. The molecule has 2 aliphatic heterocycles. The Kier molecular flexibility index (Phi) is 5.59. The number of aliphatic hydroxyl groups excluding tert-OH is 1. The normalized spacial score (nSPS) is 18.6. The molecule has 0 aliphatic carbocycles. The topological polar surface area (TPSA) is 59.9 Å². The van der Waals surface area contributed by atoms with E-state index in [0.29, 0.717) is 6.54 Å². The summed E-state index contributed by atoms with van der Waals surface area (Å²) in [7, 11) is 0. The molecule has 0 radical (unpaired) electrons. The molecule has 2 aromatic rings. The van der Waals surface area contributed by atoms with Crippen LogP contribution in [0.1, 0.15) is 30.6 Å². The largest absolute Gasteiger partial charge is 0.387 e. The summed E-state index contributed by atoms with van der Waals surface area (Å²) in [6.45, 7) is 6.69. The summed E-state index contributed by atoms with van der Waals surface area (Å²) >= 11 is 0. The number of carbonyl (C=O) groups is 1. The summed E-state index contributed by atoms with van der Waals surface area (Å²) in [6, 6.07) is 12.0. The standard InChI is InChI=1S/C22H28N4O2/c1-17(27)26-10-4-5-18-15-19(7-8-20(18)26)21(28)16-24-11-13-25(14-12-24)22-6-2-3-9-23-22/h2-3,6-9,15,21,28H,4-5,10-14,16H2,1H3/t21-/m0/s1. The molecular weight excluding hydrogens is 352 g/mol. The molecule has 1 aromatic carbocycles. The van der Waals surface area contributed by atoms with Crippen LogP contribution >= 0.6 is 0 Å². The lowest BCUT2D eigenvalue weighted by atomic mass is 9.97. The maximum Gasteiger partial charge on any atom is 0.223 e. The van der Waals surface area contributed by atoms with Crippen LogP contribution in [0.15, 0.2) is 42.6 Å². The fourth-order valence-corrected chi connectivity index (χ4v) is 4.20. The average Bonchev–Trinajstić information content (AvgIpc) is 2.74. The quantitative estimate of drug-likeness (QED) is 0.882. The Bertz CT molecular complexity index is 819. The van der Waals surface area contributed by atoms with Gasteiger partial charge in [-0.25, -0.2) is 4.98 Å². The van der Waals surface area contributed by atoms with Crippen molar-refractivity contribution in [3.63, 3.8) is 0 Å². The predicted molar refractivity (Wildman–Crippen MR) is 111 cm³/mol. The molecule has 1 N–H and O–H groups in total. The second-order valence-electron chi connectivity index (χ2n) is 7.65. The molecule has 3 heterocycles. The number of rotatable bonds is 4. The summed E-state index contributed by atoms with van der Waals surface area (Å²) in [5.74, 6) is 1.10. The first-order valence-electron chi connectivity index (χ1n) is 10.1. The molecule has 28 heavy (non-hydrogen) atoms. The van der Waals surface area contributed by atoms with E-state index in [0.717, 1.165) is 68.2 Å². The van der Waals surface area contributed by atoms with E-state index in [1.54, 1.807) is 6.92 Å². The van der Waals surface area contributed by atoms with Crippen molar-refractivity contribution < 1.29 is 9.90 Å². The molecule has 0 saturated carbocycles. The summed E-state index contributed by atoms with van der Waals surface area (Å²) in [5.41, 5.74) is 3.10. The van der Waals surface area contributed by atoms with Gasteiger partial charge in [0.2, 0.25) is 5.91 Å². The van der Waals surface area contributed by atoms with Crippen LogP contribution < -0.4 is 9.80 Å². The summed E-state index contributed by atoms with van der Waals surface area (Å²) in [4.78, 5) is 22.7. The SMILES string of the molecule is CC(=O)N1CCCc2cc([C@@H](O)CN3CCN(c4ccccn4)CC3)ccc21. The van der Waals surface area contributed by atoms with Crippen LogP contribution in [-0.2, 0) is 11.2 Å². The van der Waals surface area contributed by atoms with Crippen LogP contribution in [0.5, 0.6) is 0 Å². The fraction of sp³-hybridized carbons (Fsp3) is 0.455. The van der Waals surface area contributed by atoms with Crippen molar-refractivity contribution in [2.45, 2.75) is 25.9 Å². The number of benzene rings is 1. The Labute approximate surface area is 166 Å². The van der Waals surface area contributed by atoms with Gasteiger partial charge >= 0.3 is 0 Å². The van der Waals surface area contributed by atoms with Crippen LogP contribution in [0.3, 0.4) is 0 Å². The van der Waals surface area contributed by atoms with Crippen molar-refractivity contribution in [3.05, 3.63) is 53.7 Å². The van der Waals surface area contributed by atoms with E-state index in [-0.39, 0.29) is 5.91 Å². The third kappa shape index (κ3) is 4.03. The lowest BCUT2D eigenvalue weighted by molar-refractivity contribution is -0.116. The number of aryl methyl sites for hydroxylation is 1. The molecule has 1 aromatic heterocycles. The minimum absolute atomic E-state index is 0.0834. The van der Waals surface area contributed by atoms with Crippen LogP contribution in [0.4, 0.5) is 11.5 Å². The zero-order valence-corrected chi connectivity index (χ0v) is 16.4. The van der Waals surface area contributed by atoms with Crippen molar-refractivity contribution in [1.29, 1.82) is 0 Å². The monoisotopic (exact) mass is 380 g/mol. The van der Waals surface area contributed by atoms with Gasteiger partial charge in [0.05, 0.1) is 6.10 Å². The molecule has 0 spiro atoms. The van der Waals surface area contributed by atoms with Crippen molar-refractivity contribution in [3.8, 4) is 0 Å². The highest BCUT2D eigenvalue weighted by Crippen LogP contribution is 2.30. The van der Waals surface area contributed by atoms with Gasteiger partial charge in [-0.1, -0.05) is 18.2 Å². The van der Waals surface area contributed by atoms with Gasteiger partial charge in [0.15, 0.2) is 0 Å². The number of amides is 1. The van der Waals surface area contributed by atoms with Crippen molar-refractivity contribution >= 4 is 17.4 Å². The number of anilines is 2. The number of aliphatic hydroxyl groups is 1. The van der Waals surface area contributed by atoms with E-state index in [4.69, 9.17) is 0 Å². The summed E-state index contributed by atoms with van der Waals surface area (Å²) in [5, 5.41) is 10.8. The van der Waals surface area contributed by atoms with Gasteiger partial charge in [0.1, 0.15) is 5.82 Å². The minimum atomic E-state index is -0.514. The number of nitrogens with zero attached hydrogens (tertiary/aromatic N) is 4. The maximum atomic E-state index is 11.8. The Morgan fingerprint density at radius 3 is 2.68 bits per heavy atom. The smallest absolute Gasteiger partial charge is 0.223 e. The van der Waals surface area contributed by atoms with Gasteiger partial charge in [-0.2, -0.15) is 0 Å². The Hall–Kier alpha value is -2.44. The molecule has 1 saturated heterocycles. The lowest BCUT2D eigenvalue weighted by Crippen LogP contribution is -2.47. The summed E-state index contributed by atoms with van der Waals surface area (Å²) < 4.78 is 0. The second kappa shape index (κ2) is 8.29. The zero-order chi connectivity index (χ0) is 19.5. The zero-order valence-electron chi connectivity index (χ0n) is 16.4. The van der Waals surface area contributed by atoms with E-state index >= 15 is 0 Å². The van der Waals surface area contributed by atoms with Crippen LogP contribution in [0, 0.1) is 0 Å². The van der Waals surface area contributed by atoms with Gasteiger partial charge in [-0.05, 0) is 42.2 Å². The third-order valence-electron chi connectivity index (χ3n) is 5.76. The third-order valence-corrected chi connectivity index (χ3v) is 5.76. The molecule has 0 bridgehead atoms. The number of hydrogen-bond acceptors (Lipinski definition) is 5. The number of carbonyl (C=O) groups excluding carboxylic acids is 1. The van der Waals surface area contributed by atoms with Gasteiger partial charge in [0.25, 0.3) is 0 Å². The first-order chi connectivity index (χ1) is 13.6. The number of aromatic nitrogens is 1. The van der Waals surface area contributed by atoms with Gasteiger partial charge in [0, 0.05) is 58.1 Å². The Morgan fingerprint density at radius 1 is 1.14 bits per heavy atom.